The molecule has 2 N–H and O–H groups in total. The first-order chi connectivity index (χ1) is 11.8. The van der Waals surface area contributed by atoms with Crippen LogP contribution in [0.15, 0.2) is 34.1 Å². The summed E-state index contributed by atoms with van der Waals surface area (Å²) in [5.74, 6) is 0.172. The maximum Gasteiger partial charge on any atom is 0.294 e. The van der Waals surface area contributed by atoms with Gasteiger partial charge in [-0.3, -0.25) is 18.8 Å². The highest BCUT2D eigenvalue weighted by Gasteiger charge is 2.16. The van der Waals surface area contributed by atoms with E-state index < -0.39 is 15.7 Å². The first kappa shape index (κ1) is 17.5. The molecule has 0 saturated carbocycles. The highest BCUT2D eigenvalue weighted by atomic mass is 32.2. The third-order valence-electron chi connectivity index (χ3n) is 3.40. The number of anilines is 1. The smallest absolute Gasteiger partial charge is 0.282 e. The molecule has 11 heteroatoms. The van der Waals surface area contributed by atoms with Crippen LogP contribution in [0.4, 0.5) is 5.95 Å². The van der Waals surface area contributed by atoms with Crippen molar-refractivity contribution in [2.24, 2.45) is 0 Å². The van der Waals surface area contributed by atoms with Crippen LogP contribution in [-0.2, 0) is 21.5 Å². The Kier molecular flexibility index (Phi) is 4.56. The van der Waals surface area contributed by atoms with Gasteiger partial charge in [0.15, 0.2) is 0 Å². The van der Waals surface area contributed by atoms with Crippen LogP contribution in [0.2, 0.25) is 0 Å². The molecular weight excluding hydrogens is 368 g/mol. The summed E-state index contributed by atoms with van der Waals surface area (Å²) in [5.41, 5.74) is 2.35. The minimum atomic E-state index is -4.42. The summed E-state index contributed by atoms with van der Waals surface area (Å²) >= 11 is 1.43. The lowest BCUT2D eigenvalue weighted by Gasteiger charge is -2.13. The summed E-state index contributed by atoms with van der Waals surface area (Å²) in [5, 5.41) is 0.921. The Morgan fingerprint density at radius 1 is 1.40 bits per heavy atom. The summed E-state index contributed by atoms with van der Waals surface area (Å²) in [6, 6.07) is 3.63. The van der Waals surface area contributed by atoms with Crippen LogP contribution in [0.1, 0.15) is 9.88 Å². The Labute approximate surface area is 146 Å². The number of hydrogen-bond acceptors (Lipinski definition) is 8. The summed E-state index contributed by atoms with van der Waals surface area (Å²) in [7, 11) is -3.04. The van der Waals surface area contributed by atoms with Crippen LogP contribution in [0.3, 0.4) is 0 Å². The number of fused-ring (bicyclic) bond motifs is 1. The monoisotopic (exact) mass is 382 g/mol. The molecule has 0 radical (unpaired) electrons. The second-order valence-electron chi connectivity index (χ2n) is 5.13. The van der Waals surface area contributed by atoms with Gasteiger partial charge >= 0.3 is 0 Å². The summed E-state index contributed by atoms with van der Waals surface area (Å²) in [4.78, 5) is 26.6. The van der Waals surface area contributed by atoms with Gasteiger partial charge in [-0.25, -0.2) is 15.4 Å². The van der Waals surface area contributed by atoms with Crippen molar-refractivity contribution in [3.05, 3.63) is 44.6 Å². The van der Waals surface area contributed by atoms with Crippen molar-refractivity contribution >= 4 is 38.3 Å². The predicted octanol–water partition coefficient (Wildman–Crippen LogP) is 1.43. The number of aromatic nitrogens is 3. The van der Waals surface area contributed by atoms with Gasteiger partial charge in [-0.1, -0.05) is 0 Å². The van der Waals surface area contributed by atoms with Crippen LogP contribution in [0, 0.1) is 6.92 Å². The largest absolute Gasteiger partial charge is 0.294 e. The van der Waals surface area contributed by atoms with E-state index in [0.717, 1.165) is 16.0 Å². The Morgan fingerprint density at radius 2 is 2.16 bits per heavy atom. The molecule has 25 heavy (non-hydrogen) atoms. The fraction of sp³-hybridized carbons (Fsp3) is 0.214. The maximum absolute atomic E-state index is 12.8. The van der Waals surface area contributed by atoms with Gasteiger partial charge < -0.3 is 0 Å². The predicted molar refractivity (Wildman–Crippen MR) is 92.4 cm³/mol. The lowest BCUT2D eigenvalue weighted by molar-refractivity contribution is 0.264. The molecule has 1 aromatic carbocycles. The minimum Gasteiger partial charge on any atom is -0.282 e. The van der Waals surface area contributed by atoms with E-state index in [2.05, 4.69) is 15.4 Å². The molecule has 0 atom stereocenters. The Bertz CT molecular complexity index is 1100. The standard InChI is InChI=1S/C14H14N4O5S2/c1-8-15-6-9(24-8)7-18-13(19)11-5-10(25(20,21)22)3-4-12(11)16-14(18)17-23-2/h3-6H,7H2,1-2H3,(H,16,17)(H,20,21,22). The molecule has 0 spiro atoms. The van der Waals surface area contributed by atoms with Crippen LogP contribution in [-0.4, -0.2) is 34.6 Å². The molecule has 3 aromatic rings. The second-order valence-corrected chi connectivity index (χ2v) is 7.87. The average molecular weight is 382 g/mol. The molecule has 132 valence electrons. The van der Waals surface area contributed by atoms with Crippen molar-refractivity contribution < 1.29 is 17.8 Å². The molecule has 0 amide bonds. The highest BCUT2D eigenvalue weighted by molar-refractivity contribution is 7.85. The Hall–Kier alpha value is -2.34. The number of nitrogens with one attached hydrogen (secondary N) is 1. The number of benzene rings is 1. The van der Waals surface area contributed by atoms with Gasteiger partial charge in [-0.2, -0.15) is 8.42 Å². The highest BCUT2D eigenvalue weighted by Crippen LogP contribution is 2.19. The molecule has 0 fully saturated rings. The average Bonchev–Trinajstić information content (AvgIpc) is 2.95. The Balaban J connectivity index is 2.23. The second kappa shape index (κ2) is 6.52. The van der Waals surface area contributed by atoms with E-state index in [1.807, 2.05) is 6.92 Å². The third kappa shape index (κ3) is 3.54. The van der Waals surface area contributed by atoms with Crippen molar-refractivity contribution in [1.82, 2.24) is 14.5 Å². The van der Waals surface area contributed by atoms with Crippen molar-refractivity contribution in [2.45, 2.75) is 18.4 Å². The van der Waals surface area contributed by atoms with Crippen LogP contribution in [0.5, 0.6) is 0 Å². The van der Waals surface area contributed by atoms with E-state index in [1.54, 1.807) is 6.20 Å². The number of rotatable bonds is 5. The van der Waals surface area contributed by atoms with Gasteiger partial charge in [0.05, 0.1) is 34.5 Å². The van der Waals surface area contributed by atoms with Crippen molar-refractivity contribution in [2.75, 3.05) is 12.6 Å². The van der Waals surface area contributed by atoms with E-state index in [1.165, 1.54) is 35.1 Å². The van der Waals surface area contributed by atoms with E-state index in [9.17, 15) is 17.8 Å². The topological polar surface area (TPSA) is 123 Å². The first-order valence-electron chi connectivity index (χ1n) is 7.02. The van der Waals surface area contributed by atoms with E-state index in [0.29, 0.717) is 0 Å². The molecule has 3 rings (SSSR count). The van der Waals surface area contributed by atoms with Gasteiger partial charge in [0, 0.05) is 11.1 Å². The molecule has 0 saturated heterocycles. The lowest BCUT2D eigenvalue weighted by Crippen LogP contribution is -2.25. The van der Waals surface area contributed by atoms with Gasteiger partial charge in [-0.15, -0.1) is 11.3 Å². The lowest BCUT2D eigenvalue weighted by atomic mass is 10.2. The third-order valence-corrected chi connectivity index (χ3v) is 5.15. The molecule has 0 aliphatic heterocycles. The number of nitrogens with zero attached hydrogens (tertiary/aromatic N) is 3. The minimum absolute atomic E-state index is 0.0676. The van der Waals surface area contributed by atoms with Gasteiger partial charge in [-0.05, 0) is 25.1 Å². The Morgan fingerprint density at radius 3 is 2.76 bits per heavy atom. The molecule has 0 unspecified atom stereocenters. The summed E-state index contributed by atoms with van der Waals surface area (Å²) in [6.07, 6.45) is 1.65. The zero-order valence-corrected chi connectivity index (χ0v) is 14.9. The molecule has 9 nitrogen and oxygen atoms in total. The quantitative estimate of drug-likeness (QED) is 0.502. The number of hydrogen-bond donors (Lipinski definition) is 2. The van der Waals surface area contributed by atoms with Crippen LogP contribution < -0.4 is 11.0 Å². The van der Waals surface area contributed by atoms with Crippen molar-refractivity contribution in [1.29, 1.82) is 0 Å². The zero-order chi connectivity index (χ0) is 18.2. The van der Waals surface area contributed by atoms with Crippen LogP contribution >= 0.6 is 11.3 Å². The molecule has 2 heterocycles. The molecule has 2 aromatic heterocycles. The fourth-order valence-corrected chi connectivity index (χ4v) is 3.60. The molecule has 0 aliphatic carbocycles. The molecule has 0 bridgehead atoms. The van der Waals surface area contributed by atoms with E-state index in [4.69, 9.17) is 4.84 Å². The number of thiazole rings is 1. The summed E-state index contributed by atoms with van der Waals surface area (Å²) < 4.78 is 33.1. The van der Waals surface area contributed by atoms with Crippen molar-refractivity contribution in [3.8, 4) is 0 Å². The first-order valence-corrected chi connectivity index (χ1v) is 9.27. The number of aryl methyl sites for hydroxylation is 1. The molecular formula is C14H14N4O5S2. The maximum atomic E-state index is 12.8. The fourth-order valence-electron chi connectivity index (χ4n) is 2.31. The summed E-state index contributed by atoms with van der Waals surface area (Å²) in [6.45, 7) is 2.04. The normalized spacial score (nSPS) is 11.8. The van der Waals surface area contributed by atoms with Crippen molar-refractivity contribution in [3.63, 3.8) is 0 Å². The molecule has 0 aliphatic rings. The SMILES string of the molecule is CONc1nc2ccc(S(=O)(=O)O)cc2c(=O)n1Cc1cnc(C)s1. The van der Waals surface area contributed by atoms with E-state index >= 15 is 0 Å². The van der Waals surface area contributed by atoms with Gasteiger partial charge in [0.1, 0.15) is 0 Å². The zero-order valence-electron chi connectivity index (χ0n) is 13.3. The van der Waals surface area contributed by atoms with Crippen LogP contribution in [0.25, 0.3) is 10.9 Å². The van der Waals surface area contributed by atoms with Gasteiger partial charge in [0.25, 0.3) is 15.7 Å². The van der Waals surface area contributed by atoms with E-state index in [-0.39, 0.29) is 28.3 Å². The van der Waals surface area contributed by atoms with Gasteiger partial charge in [0.2, 0.25) is 5.95 Å².